The molecule has 1 aromatic rings. The van der Waals surface area contributed by atoms with Crippen molar-refractivity contribution < 1.29 is 28.5 Å². The molecule has 0 bridgehead atoms. The third-order valence-electron chi connectivity index (χ3n) is 2.17. The topological polar surface area (TPSA) is 92.8 Å². The van der Waals surface area contributed by atoms with Crippen LogP contribution in [0.25, 0.3) is 0 Å². The summed E-state index contributed by atoms with van der Waals surface area (Å²) in [4.78, 5) is 10.6. The van der Waals surface area contributed by atoms with Crippen molar-refractivity contribution in [1.29, 1.82) is 0 Å². The molecule has 0 radical (unpaired) electrons. The van der Waals surface area contributed by atoms with Crippen LogP contribution in [0.5, 0.6) is 5.75 Å². The van der Waals surface area contributed by atoms with Gasteiger partial charge in [-0.25, -0.2) is 8.78 Å². The van der Waals surface area contributed by atoms with E-state index in [-0.39, 0.29) is 5.75 Å². The van der Waals surface area contributed by atoms with E-state index in [0.717, 1.165) is 12.1 Å². The highest BCUT2D eigenvalue weighted by Gasteiger charge is 2.29. The van der Waals surface area contributed by atoms with Crippen LogP contribution in [0.15, 0.2) is 12.1 Å². The molecule has 17 heavy (non-hydrogen) atoms. The standard InChI is InChI=1S/C10H11F2NO4/c1-17-4-2-5(11)7(6(12)3-4)8(14)9(15)10(13)16/h2-3,8-9,14-15H,1H3,(H2,13,16). The highest BCUT2D eigenvalue weighted by molar-refractivity contribution is 5.79. The zero-order chi connectivity index (χ0) is 13.2. The first-order chi connectivity index (χ1) is 7.88. The second kappa shape index (κ2) is 5.07. The number of methoxy groups -OCH3 is 1. The normalized spacial score (nSPS) is 14.2. The van der Waals surface area contributed by atoms with Gasteiger partial charge in [-0.3, -0.25) is 4.79 Å². The van der Waals surface area contributed by atoms with Gasteiger partial charge in [0.05, 0.1) is 12.7 Å². The van der Waals surface area contributed by atoms with Crippen LogP contribution in [0, 0.1) is 11.6 Å². The number of benzene rings is 1. The SMILES string of the molecule is COc1cc(F)c(C(O)C(O)C(N)=O)c(F)c1. The highest BCUT2D eigenvalue weighted by Crippen LogP contribution is 2.27. The van der Waals surface area contributed by atoms with Gasteiger partial charge in [-0.15, -0.1) is 0 Å². The van der Waals surface area contributed by atoms with Crippen molar-refractivity contribution in [2.24, 2.45) is 5.73 Å². The van der Waals surface area contributed by atoms with E-state index in [2.05, 4.69) is 4.74 Å². The highest BCUT2D eigenvalue weighted by atomic mass is 19.1. The van der Waals surface area contributed by atoms with Gasteiger partial charge in [0.2, 0.25) is 5.91 Å². The fraction of sp³-hybridized carbons (Fsp3) is 0.300. The molecule has 0 aliphatic heterocycles. The van der Waals surface area contributed by atoms with Gasteiger partial charge in [-0.2, -0.15) is 0 Å². The van der Waals surface area contributed by atoms with Crippen molar-refractivity contribution in [3.8, 4) is 5.75 Å². The van der Waals surface area contributed by atoms with Crippen LogP contribution in [0.1, 0.15) is 11.7 Å². The minimum atomic E-state index is -2.09. The molecule has 0 saturated heterocycles. The third kappa shape index (κ3) is 2.69. The molecule has 0 heterocycles. The zero-order valence-corrected chi connectivity index (χ0v) is 8.85. The number of aliphatic hydroxyl groups is 2. The molecule has 1 amide bonds. The number of hydrogen-bond acceptors (Lipinski definition) is 4. The molecule has 0 aromatic heterocycles. The van der Waals surface area contributed by atoms with E-state index in [9.17, 15) is 18.7 Å². The average Bonchev–Trinajstić information content (AvgIpc) is 2.26. The number of rotatable bonds is 4. The van der Waals surface area contributed by atoms with Gasteiger partial charge in [0.15, 0.2) is 6.10 Å². The Morgan fingerprint density at radius 3 is 2.18 bits per heavy atom. The summed E-state index contributed by atoms with van der Waals surface area (Å²) in [6.45, 7) is 0. The van der Waals surface area contributed by atoms with Crippen molar-refractivity contribution in [2.45, 2.75) is 12.2 Å². The number of aliphatic hydroxyl groups excluding tert-OH is 2. The predicted octanol–water partition coefficient (Wildman–Crippen LogP) is -0.147. The lowest BCUT2D eigenvalue weighted by Gasteiger charge is -2.17. The Bertz CT molecular complexity index is 415. The Labute approximate surface area is 95.4 Å². The first kappa shape index (κ1) is 13.3. The third-order valence-corrected chi connectivity index (χ3v) is 2.17. The van der Waals surface area contributed by atoms with Gasteiger partial charge in [0.25, 0.3) is 0 Å². The van der Waals surface area contributed by atoms with E-state index in [4.69, 9.17) is 10.8 Å². The lowest BCUT2D eigenvalue weighted by Crippen LogP contribution is -2.34. The lowest BCUT2D eigenvalue weighted by atomic mass is 10.0. The molecule has 1 aromatic carbocycles. The monoisotopic (exact) mass is 247 g/mol. The fourth-order valence-corrected chi connectivity index (χ4v) is 1.27. The number of primary amides is 1. The number of amides is 1. The van der Waals surface area contributed by atoms with Crippen molar-refractivity contribution in [2.75, 3.05) is 7.11 Å². The Hall–Kier alpha value is -1.73. The number of halogens is 2. The van der Waals surface area contributed by atoms with E-state index in [0.29, 0.717) is 0 Å². The van der Waals surface area contributed by atoms with Crippen LogP contribution < -0.4 is 10.5 Å². The van der Waals surface area contributed by atoms with Gasteiger partial charge in [-0.1, -0.05) is 0 Å². The van der Waals surface area contributed by atoms with Crippen LogP contribution >= 0.6 is 0 Å². The molecule has 4 N–H and O–H groups in total. The van der Waals surface area contributed by atoms with Crippen LogP contribution in [-0.4, -0.2) is 29.3 Å². The second-order valence-electron chi connectivity index (χ2n) is 3.30. The Kier molecular flexibility index (Phi) is 3.97. The summed E-state index contributed by atoms with van der Waals surface area (Å²) in [6.07, 6.45) is -4.16. The number of carbonyl (C=O) groups excluding carboxylic acids is 1. The lowest BCUT2D eigenvalue weighted by molar-refractivity contribution is -0.132. The van der Waals surface area contributed by atoms with Gasteiger partial charge in [0.1, 0.15) is 23.5 Å². The largest absolute Gasteiger partial charge is 0.497 e. The summed E-state index contributed by atoms with van der Waals surface area (Å²) in [5, 5.41) is 18.5. The van der Waals surface area contributed by atoms with Crippen LogP contribution in [0.4, 0.5) is 8.78 Å². The fourth-order valence-electron chi connectivity index (χ4n) is 1.27. The number of nitrogens with two attached hydrogens (primary N) is 1. The summed E-state index contributed by atoms with van der Waals surface area (Å²) in [5.74, 6) is -3.67. The molecule has 7 heteroatoms. The van der Waals surface area contributed by atoms with Crippen molar-refractivity contribution in [3.05, 3.63) is 29.3 Å². The van der Waals surface area contributed by atoms with Crippen LogP contribution in [0.2, 0.25) is 0 Å². The molecule has 2 atom stereocenters. The Morgan fingerprint density at radius 1 is 1.35 bits per heavy atom. The quantitative estimate of drug-likeness (QED) is 0.690. The molecule has 1 rings (SSSR count). The summed E-state index contributed by atoms with van der Waals surface area (Å²) < 4.78 is 31.5. The Morgan fingerprint density at radius 2 is 1.82 bits per heavy atom. The number of hydrogen-bond donors (Lipinski definition) is 3. The number of carbonyl (C=O) groups is 1. The molecule has 0 aliphatic rings. The first-order valence-electron chi connectivity index (χ1n) is 4.56. The van der Waals surface area contributed by atoms with Gasteiger partial charge < -0.3 is 20.7 Å². The number of ether oxygens (including phenoxy) is 1. The maximum Gasteiger partial charge on any atom is 0.249 e. The molecule has 0 fully saturated rings. The second-order valence-corrected chi connectivity index (χ2v) is 3.30. The molecule has 0 saturated carbocycles. The molecule has 0 aliphatic carbocycles. The van der Waals surface area contributed by atoms with Gasteiger partial charge in [0, 0.05) is 12.1 Å². The molecular formula is C10H11F2NO4. The summed E-state index contributed by atoms with van der Waals surface area (Å²) >= 11 is 0. The minimum absolute atomic E-state index is 0.0930. The smallest absolute Gasteiger partial charge is 0.249 e. The van der Waals surface area contributed by atoms with Crippen molar-refractivity contribution in [3.63, 3.8) is 0 Å². The van der Waals surface area contributed by atoms with E-state index < -0.39 is 35.3 Å². The van der Waals surface area contributed by atoms with Crippen molar-refractivity contribution >= 4 is 5.91 Å². The summed E-state index contributed by atoms with van der Waals surface area (Å²) in [6, 6.07) is 1.63. The predicted molar refractivity (Wildman–Crippen MR) is 53.1 cm³/mol. The van der Waals surface area contributed by atoms with Crippen LogP contribution in [-0.2, 0) is 4.79 Å². The molecule has 5 nitrogen and oxygen atoms in total. The van der Waals surface area contributed by atoms with Gasteiger partial charge in [-0.05, 0) is 0 Å². The summed E-state index contributed by atoms with van der Waals surface area (Å²) in [5.41, 5.74) is 3.88. The van der Waals surface area contributed by atoms with Crippen LogP contribution in [0.3, 0.4) is 0 Å². The zero-order valence-electron chi connectivity index (χ0n) is 8.85. The maximum absolute atomic E-state index is 13.4. The van der Waals surface area contributed by atoms with E-state index >= 15 is 0 Å². The van der Waals surface area contributed by atoms with E-state index in [1.165, 1.54) is 7.11 Å². The summed E-state index contributed by atoms with van der Waals surface area (Å²) in [7, 11) is 1.21. The van der Waals surface area contributed by atoms with Crippen molar-refractivity contribution in [1.82, 2.24) is 0 Å². The Balaban J connectivity index is 3.18. The first-order valence-corrected chi connectivity index (χ1v) is 4.56. The van der Waals surface area contributed by atoms with E-state index in [1.54, 1.807) is 0 Å². The molecular weight excluding hydrogens is 236 g/mol. The molecule has 2 unspecified atom stereocenters. The average molecular weight is 247 g/mol. The molecule has 0 spiro atoms. The molecule has 94 valence electrons. The van der Waals surface area contributed by atoms with E-state index in [1.807, 2.05) is 0 Å². The van der Waals surface area contributed by atoms with Gasteiger partial charge >= 0.3 is 0 Å². The minimum Gasteiger partial charge on any atom is -0.497 e. The maximum atomic E-state index is 13.4.